The summed E-state index contributed by atoms with van der Waals surface area (Å²) < 4.78 is 23.7. The number of hydrogen-bond acceptors (Lipinski definition) is 2. The lowest BCUT2D eigenvalue weighted by atomic mass is 10.8. The van der Waals surface area contributed by atoms with Crippen molar-refractivity contribution in [2.75, 3.05) is 14.1 Å². The Bertz CT molecular complexity index is 88.2. The Balaban J connectivity index is 3.83. The molecule has 0 aromatic heterocycles. The first-order valence-corrected chi connectivity index (χ1v) is 2.13. The van der Waals surface area contributed by atoms with Gasteiger partial charge in [0.25, 0.3) is 0 Å². The largest absolute Gasteiger partial charge is 0.361 e. The number of rotatable bonds is 2. The highest BCUT2D eigenvalue weighted by Crippen LogP contribution is 1.97. The van der Waals surface area contributed by atoms with Crippen LogP contribution in [0.15, 0.2) is 11.9 Å². The molecule has 2 nitrogen and oxygen atoms in total. The highest BCUT2D eigenvalue weighted by atomic mass is 19.2. The second-order valence-corrected chi connectivity index (χ2v) is 1.13. The summed E-state index contributed by atoms with van der Waals surface area (Å²) in [5.41, 5.74) is 0. The van der Waals surface area contributed by atoms with Gasteiger partial charge in [0, 0.05) is 14.1 Å². The Morgan fingerprint density at radius 2 is 1.25 bits per heavy atom. The standard InChI is InChI=1S/C4H8F2N2/c1-7-3(5)4(6)8-2/h7-8H,1-2H3/b4-3-. The SMILES string of the molecule is CN/C(F)=C(/F)NC. The molecule has 0 aromatic rings. The van der Waals surface area contributed by atoms with E-state index in [1.54, 1.807) is 0 Å². The van der Waals surface area contributed by atoms with Gasteiger partial charge in [0.15, 0.2) is 0 Å². The monoisotopic (exact) mass is 122 g/mol. The van der Waals surface area contributed by atoms with Crippen molar-refractivity contribution in [3.05, 3.63) is 11.9 Å². The summed E-state index contributed by atoms with van der Waals surface area (Å²) in [5, 5.41) is 3.98. The van der Waals surface area contributed by atoms with Crippen LogP contribution in [0, 0.1) is 0 Å². The maximum Gasteiger partial charge on any atom is 0.240 e. The first-order valence-electron chi connectivity index (χ1n) is 2.13. The fourth-order valence-electron chi connectivity index (χ4n) is 0.219. The van der Waals surface area contributed by atoms with Crippen LogP contribution in [0.1, 0.15) is 0 Å². The molecule has 0 spiro atoms. The van der Waals surface area contributed by atoms with Gasteiger partial charge in [0.2, 0.25) is 11.9 Å². The summed E-state index contributed by atoms with van der Waals surface area (Å²) in [6, 6.07) is 0. The van der Waals surface area contributed by atoms with Crippen LogP contribution >= 0.6 is 0 Å². The van der Waals surface area contributed by atoms with Gasteiger partial charge in [0.1, 0.15) is 0 Å². The Labute approximate surface area is 46.6 Å². The van der Waals surface area contributed by atoms with Crippen LogP contribution in [-0.4, -0.2) is 14.1 Å². The van der Waals surface area contributed by atoms with Crippen LogP contribution in [-0.2, 0) is 0 Å². The molecule has 0 aliphatic carbocycles. The van der Waals surface area contributed by atoms with E-state index in [-0.39, 0.29) is 0 Å². The molecule has 0 unspecified atom stereocenters. The van der Waals surface area contributed by atoms with Gasteiger partial charge in [-0.3, -0.25) is 0 Å². The quantitative estimate of drug-likeness (QED) is 0.521. The third-order valence-electron chi connectivity index (χ3n) is 0.632. The van der Waals surface area contributed by atoms with Gasteiger partial charge in [-0.2, -0.15) is 8.78 Å². The lowest BCUT2D eigenvalue weighted by Crippen LogP contribution is -2.10. The van der Waals surface area contributed by atoms with Crippen molar-refractivity contribution >= 4 is 0 Å². The van der Waals surface area contributed by atoms with Crippen molar-refractivity contribution in [2.24, 2.45) is 0 Å². The third kappa shape index (κ3) is 1.77. The molecule has 4 heteroatoms. The smallest absolute Gasteiger partial charge is 0.240 e. The van der Waals surface area contributed by atoms with Gasteiger partial charge >= 0.3 is 0 Å². The van der Waals surface area contributed by atoms with E-state index in [9.17, 15) is 8.78 Å². The summed E-state index contributed by atoms with van der Waals surface area (Å²) >= 11 is 0. The van der Waals surface area contributed by atoms with E-state index in [1.807, 2.05) is 10.6 Å². The molecule has 0 bridgehead atoms. The summed E-state index contributed by atoms with van der Waals surface area (Å²) in [6.07, 6.45) is 0. The summed E-state index contributed by atoms with van der Waals surface area (Å²) in [6.45, 7) is 0. The topological polar surface area (TPSA) is 24.1 Å². The van der Waals surface area contributed by atoms with Crippen LogP contribution in [0.2, 0.25) is 0 Å². The van der Waals surface area contributed by atoms with Crippen molar-refractivity contribution in [1.29, 1.82) is 0 Å². The lowest BCUT2D eigenvalue weighted by molar-refractivity contribution is 0.465. The number of nitrogens with one attached hydrogen (secondary N) is 2. The van der Waals surface area contributed by atoms with Gasteiger partial charge in [-0.15, -0.1) is 0 Å². The Hall–Kier alpha value is -0.800. The summed E-state index contributed by atoms with van der Waals surface area (Å²) in [7, 11) is 2.60. The predicted octanol–water partition coefficient (Wildman–Crippen LogP) is 0.491. The van der Waals surface area contributed by atoms with Crippen molar-refractivity contribution in [2.45, 2.75) is 0 Å². The normalized spacial score (nSPS) is 12.5. The molecular formula is C4H8F2N2. The van der Waals surface area contributed by atoms with Crippen molar-refractivity contribution in [1.82, 2.24) is 10.6 Å². The minimum Gasteiger partial charge on any atom is -0.361 e. The van der Waals surface area contributed by atoms with Crippen molar-refractivity contribution in [3.8, 4) is 0 Å². The predicted molar refractivity (Wildman–Crippen MR) is 27.4 cm³/mol. The van der Waals surface area contributed by atoms with Crippen LogP contribution < -0.4 is 10.6 Å². The molecule has 0 aliphatic rings. The van der Waals surface area contributed by atoms with Crippen LogP contribution in [0.4, 0.5) is 8.78 Å². The first-order chi connectivity index (χ1) is 3.72. The van der Waals surface area contributed by atoms with E-state index in [4.69, 9.17) is 0 Å². The molecule has 0 radical (unpaired) electrons. The molecule has 0 amide bonds. The van der Waals surface area contributed by atoms with Gasteiger partial charge in [0.05, 0.1) is 0 Å². The number of hydrogen-bond donors (Lipinski definition) is 2. The Kier molecular flexibility index (Phi) is 2.91. The van der Waals surface area contributed by atoms with E-state index >= 15 is 0 Å². The van der Waals surface area contributed by atoms with Gasteiger partial charge in [-0.25, -0.2) is 0 Å². The second kappa shape index (κ2) is 3.23. The van der Waals surface area contributed by atoms with Crippen LogP contribution in [0.3, 0.4) is 0 Å². The Morgan fingerprint density at radius 1 is 1.00 bits per heavy atom. The van der Waals surface area contributed by atoms with E-state index < -0.39 is 11.9 Å². The van der Waals surface area contributed by atoms with E-state index in [2.05, 4.69) is 0 Å². The zero-order valence-corrected chi connectivity index (χ0v) is 4.76. The fourth-order valence-corrected chi connectivity index (χ4v) is 0.219. The zero-order chi connectivity index (χ0) is 6.57. The van der Waals surface area contributed by atoms with Gasteiger partial charge in [-0.1, -0.05) is 0 Å². The molecule has 0 aromatic carbocycles. The maximum atomic E-state index is 11.9. The molecule has 0 fully saturated rings. The molecule has 0 saturated carbocycles. The highest BCUT2D eigenvalue weighted by molar-refractivity contribution is 4.92. The third-order valence-corrected chi connectivity index (χ3v) is 0.632. The molecule has 0 atom stereocenters. The van der Waals surface area contributed by atoms with Crippen LogP contribution in [0.25, 0.3) is 0 Å². The summed E-state index contributed by atoms with van der Waals surface area (Å²) in [5.74, 6) is -1.96. The maximum absolute atomic E-state index is 11.9. The Morgan fingerprint density at radius 3 is 1.38 bits per heavy atom. The van der Waals surface area contributed by atoms with Crippen molar-refractivity contribution < 1.29 is 8.78 Å². The van der Waals surface area contributed by atoms with Crippen LogP contribution in [0.5, 0.6) is 0 Å². The highest BCUT2D eigenvalue weighted by Gasteiger charge is 1.97. The molecular weight excluding hydrogens is 114 g/mol. The van der Waals surface area contributed by atoms with Gasteiger partial charge in [-0.05, 0) is 0 Å². The molecule has 8 heavy (non-hydrogen) atoms. The molecule has 48 valence electrons. The summed E-state index contributed by atoms with van der Waals surface area (Å²) in [4.78, 5) is 0. The van der Waals surface area contributed by atoms with E-state index in [0.717, 1.165) is 0 Å². The molecule has 0 aliphatic heterocycles. The van der Waals surface area contributed by atoms with Crippen molar-refractivity contribution in [3.63, 3.8) is 0 Å². The molecule has 0 heterocycles. The minimum absolute atomic E-state index is 0.979. The zero-order valence-electron chi connectivity index (χ0n) is 4.76. The first kappa shape index (κ1) is 7.20. The average Bonchev–Trinajstić information content (AvgIpc) is 1.84. The average molecular weight is 122 g/mol. The minimum atomic E-state index is -0.979. The second-order valence-electron chi connectivity index (χ2n) is 1.13. The lowest BCUT2D eigenvalue weighted by Gasteiger charge is -1.95. The molecule has 2 N–H and O–H groups in total. The molecule has 0 rings (SSSR count). The molecule has 0 saturated heterocycles. The van der Waals surface area contributed by atoms with Gasteiger partial charge < -0.3 is 10.6 Å². The van der Waals surface area contributed by atoms with E-state index in [1.165, 1.54) is 14.1 Å². The number of halogens is 2. The fraction of sp³-hybridized carbons (Fsp3) is 0.500. The van der Waals surface area contributed by atoms with E-state index in [0.29, 0.717) is 0 Å².